The predicted molar refractivity (Wildman–Crippen MR) is 66.5 cm³/mol. The average Bonchev–Trinajstić information content (AvgIpc) is 2.39. The summed E-state index contributed by atoms with van der Waals surface area (Å²) in [7, 11) is 0. The Bertz CT molecular complexity index is 390. The van der Waals surface area contributed by atoms with Crippen LogP contribution in [-0.4, -0.2) is 13.1 Å². The highest BCUT2D eigenvalue weighted by Crippen LogP contribution is 2.38. The highest BCUT2D eigenvalue weighted by Gasteiger charge is 2.20. The van der Waals surface area contributed by atoms with Crippen molar-refractivity contribution < 1.29 is 0 Å². The van der Waals surface area contributed by atoms with Gasteiger partial charge in [0.05, 0.1) is 15.1 Å². The Hall–Kier alpha value is 0.0500. The van der Waals surface area contributed by atoms with Crippen LogP contribution < -0.4 is 5.32 Å². The van der Waals surface area contributed by atoms with Crippen molar-refractivity contribution in [3.63, 3.8) is 0 Å². The molecule has 0 aromatic heterocycles. The molecule has 1 heterocycles. The second kappa shape index (κ2) is 4.50. The first-order chi connectivity index (χ1) is 7.11. The topological polar surface area (TPSA) is 12.0 Å². The fourth-order valence-electron chi connectivity index (χ4n) is 1.99. The summed E-state index contributed by atoms with van der Waals surface area (Å²) in [5, 5.41) is 5.01. The molecule has 0 spiro atoms. The van der Waals surface area contributed by atoms with Crippen molar-refractivity contribution in [2.75, 3.05) is 13.1 Å². The van der Waals surface area contributed by atoms with E-state index in [9.17, 15) is 0 Å². The van der Waals surface area contributed by atoms with E-state index >= 15 is 0 Å². The maximum atomic E-state index is 6.21. The van der Waals surface area contributed by atoms with Crippen molar-refractivity contribution in [1.82, 2.24) is 5.32 Å². The summed E-state index contributed by atoms with van der Waals surface area (Å²) < 4.78 is 0. The Kier molecular flexibility index (Phi) is 3.46. The molecule has 15 heavy (non-hydrogen) atoms. The molecule has 1 aromatic carbocycles. The first kappa shape index (κ1) is 11.5. The molecule has 1 N–H and O–H groups in total. The lowest BCUT2D eigenvalue weighted by Crippen LogP contribution is -2.18. The minimum absolute atomic E-state index is 0.426. The van der Waals surface area contributed by atoms with E-state index in [1.807, 2.05) is 6.07 Å². The van der Waals surface area contributed by atoms with Crippen molar-refractivity contribution in [1.29, 1.82) is 0 Å². The van der Waals surface area contributed by atoms with E-state index in [1.165, 1.54) is 5.56 Å². The Morgan fingerprint density at radius 1 is 1.27 bits per heavy atom. The van der Waals surface area contributed by atoms with Gasteiger partial charge in [-0.2, -0.15) is 0 Å². The fraction of sp³-hybridized carbons (Fsp3) is 0.455. The van der Waals surface area contributed by atoms with Gasteiger partial charge in [-0.1, -0.05) is 41.7 Å². The average molecular weight is 265 g/mol. The van der Waals surface area contributed by atoms with Gasteiger partial charge in [0, 0.05) is 6.54 Å². The van der Waals surface area contributed by atoms with E-state index in [0.717, 1.165) is 25.1 Å². The number of benzene rings is 1. The second-order valence-corrected chi connectivity index (χ2v) is 5.07. The number of halogens is 3. The van der Waals surface area contributed by atoms with Crippen molar-refractivity contribution in [2.24, 2.45) is 0 Å². The standard InChI is InChI=1S/C11H12Cl3N/c1-6-5-15-3-2-7-8(6)4-9(12)11(14)10(7)13/h4,6,15H,2-3,5H2,1H3. The van der Waals surface area contributed by atoms with E-state index in [0.29, 0.717) is 21.0 Å². The van der Waals surface area contributed by atoms with Gasteiger partial charge in [0.2, 0.25) is 0 Å². The highest BCUT2D eigenvalue weighted by atomic mass is 35.5. The molecule has 0 aliphatic carbocycles. The highest BCUT2D eigenvalue weighted by molar-refractivity contribution is 6.48. The van der Waals surface area contributed by atoms with Crippen LogP contribution in [-0.2, 0) is 6.42 Å². The third-order valence-electron chi connectivity index (χ3n) is 2.83. The molecule has 0 fully saturated rings. The molecule has 1 nitrogen and oxygen atoms in total. The quantitative estimate of drug-likeness (QED) is 0.701. The number of rotatable bonds is 0. The normalized spacial score (nSPS) is 20.9. The molecule has 1 unspecified atom stereocenters. The molecule has 0 saturated heterocycles. The Labute approximate surface area is 105 Å². The van der Waals surface area contributed by atoms with Gasteiger partial charge in [0.15, 0.2) is 0 Å². The van der Waals surface area contributed by atoms with Gasteiger partial charge in [-0.25, -0.2) is 0 Å². The summed E-state index contributed by atoms with van der Waals surface area (Å²) in [5.41, 5.74) is 2.36. The van der Waals surface area contributed by atoms with E-state index in [2.05, 4.69) is 12.2 Å². The Balaban J connectivity index is 2.60. The zero-order chi connectivity index (χ0) is 11.0. The van der Waals surface area contributed by atoms with Crippen LogP contribution in [0.25, 0.3) is 0 Å². The SMILES string of the molecule is CC1CNCCc2c1cc(Cl)c(Cl)c2Cl. The number of hydrogen-bond acceptors (Lipinski definition) is 1. The predicted octanol–water partition coefficient (Wildman–Crippen LogP) is 3.90. The third-order valence-corrected chi connectivity index (χ3v) is 4.13. The first-order valence-corrected chi connectivity index (χ1v) is 6.11. The van der Waals surface area contributed by atoms with Gasteiger partial charge in [0.25, 0.3) is 0 Å². The van der Waals surface area contributed by atoms with E-state index in [4.69, 9.17) is 34.8 Å². The number of nitrogens with one attached hydrogen (secondary N) is 1. The lowest BCUT2D eigenvalue weighted by Gasteiger charge is -2.15. The molecular formula is C11H12Cl3N. The number of hydrogen-bond donors (Lipinski definition) is 1. The summed E-state index contributed by atoms with van der Waals surface area (Å²) in [4.78, 5) is 0. The summed E-state index contributed by atoms with van der Waals surface area (Å²) in [6, 6.07) is 1.95. The van der Waals surface area contributed by atoms with Gasteiger partial charge >= 0.3 is 0 Å². The number of fused-ring (bicyclic) bond motifs is 1. The molecule has 2 rings (SSSR count). The summed E-state index contributed by atoms with van der Waals surface area (Å²) >= 11 is 18.3. The van der Waals surface area contributed by atoms with Crippen LogP contribution >= 0.6 is 34.8 Å². The molecule has 1 atom stereocenters. The van der Waals surface area contributed by atoms with Crippen LogP contribution in [0.1, 0.15) is 24.0 Å². The van der Waals surface area contributed by atoms with Crippen molar-refractivity contribution in [3.8, 4) is 0 Å². The van der Waals surface area contributed by atoms with Crippen LogP contribution in [0.5, 0.6) is 0 Å². The summed E-state index contributed by atoms with van der Waals surface area (Å²) in [6.07, 6.45) is 0.912. The maximum Gasteiger partial charge on any atom is 0.0781 e. The van der Waals surface area contributed by atoms with Gasteiger partial charge < -0.3 is 5.32 Å². The fourth-order valence-corrected chi connectivity index (χ4v) is 2.72. The third kappa shape index (κ3) is 2.12. The summed E-state index contributed by atoms with van der Waals surface area (Å²) in [5.74, 6) is 0.426. The second-order valence-electron chi connectivity index (χ2n) is 3.91. The molecule has 0 radical (unpaired) electrons. The van der Waals surface area contributed by atoms with E-state index in [1.54, 1.807) is 0 Å². The van der Waals surface area contributed by atoms with E-state index < -0.39 is 0 Å². The van der Waals surface area contributed by atoms with Crippen LogP contribution in [0.3, 0.4) is 0 Å². The minimum atomic E-state index is 0.426. The van der Waals surface area contributed by atoms with Crippen LogP contribution in [0.15, 0.2) is 6.07 Å². The molecule has 0 bridgehead atoms. The van der Waals surface area contributed by atoms with Crippen molar-refractivity contribution in [3.05, 3.63) is 32.3 Å². The smallest absolute Gasteiger partial charge is 0.0781 e. The van der Waals surface area contributed by atoms with E-state index in [-0.39, 0.29) is 0 Å². The molecule has 4 heteroatoms. The van der Waals surface area contributed by atoms with Crippen LogP contribution in [0.2, 0.25) is 15.1 Å². The van der Waals surface area contributed by atoms with Crippen LogP contribution in [0.4, 0.5) is 0 Å². The molecule has 0 amide bonds. The lowest BCUT2D eigenvalue weighted by atomic mass is 9.95. The van der Waals surface area contributed by atoms with Crippen molar-refractivity contribution >= 4 is 34.8 Å². The largest absolute Gasteiger partial charge is 0.316 e. The molecule has 0 saturated carbocycles. The van der Waals surface area contributed by atoms with Gasteiger partial charge in [-0.3, -0.25) is 0 Å². The Morgan fingerprint density at radius 2 is 2.00 bits per heavy atom. The molecular weight excluding hydrogens is 252 g/mol. The monoisotopic (exact) mass is 263 g/mol. The van der Waals surface area contributed by atoms with Gasteiger partial charge in [0.1, 0.15) is 0 Å². The lowest BCUT2D eigenvalue weighted by molar-refractivity contribution is 0.644. The van der Waals surface area contributed by atoms with Crippen LogP contribution in [0, 0.1) is 0 Å². The zero-order valence-electron chi connectivity index (χ0n) is 8.41. The minimum Gasteiger partial charge on any atom is -0.316 e. The molecule has 1 aliphatic heterocycles. The summed E-state index contributed by atoms with van der Waals surface area (Å²) in [6.45, 7) is 4.06. The maximum absolute atomic E-state index is 6.21. The Morgan fingerprint density at radius 3 is 2.73 bits per heavy atom. The van der Waals surface area contributed by atoms with Gasteiger partial charge in [-0.15, -0.1) is 0 Å². The van der Waals surface area contributed by atoms with Gasteiger partial charge in [-0.05, 0) is 36.1 Å². The van der Waals surface area contributed by atoms with Crippen molar-refractivity contribution in [2.45, 2.75) is 19.3 Å². The molecule has 82 valence electrons. The zero-order valence-corrected chi connectivity index (χ0v) is 10.7. The first-order valence-electron chi connectivity index (χ1n) is 4.98. The molecule has 1 aliphatic rings. The molecule has 1 aromatic rings.